The fraction of sp³-hybridized carbons (Fsp3) is 0.364. The number of carbonyl (C=O) groups excluding carboxylic acids is 1. The molecule has 2 rings (SSSR count). The van der Waals surface area contributed by atoms with Crippen LogP contribution in [0.4, 0.5) is 15.8 Å². The molecule has 7 heteroatoms. The molecule has 0 spiro atoms. The van der Waals surface area contributed by atoms with E-state index in [-0.39, 0.29) is 11.3 Å². The standard InChI is InChI=1S/C11H12FN3O3/c12-7-5-8(10(13)9(6-7)15(17)18)11(16)14-3-1-2-4-14/h5-6H,1-4,13H2. The van der Waals surface area contributed by atoms with Gasteiger partial charge in [0.1, 0.15) is 11.5 Å². The molecule has 2 N–H and O–H groups in total. The lowest BCUT2D eigenvalue weighted by Gasteiger charge is -2.16. The second kappa shape index (κ2) is 4.59. The van der Waals surface area contributed by atoms with E-state index in [1.807, 2.05) is 0 Å². The first-order valence-electron chi connectivity index (χ1n) is 5.53. The highest BCUT2D eigenvalue weighted by molar-refractivity contribution is 6.01. The average molecular weight is 253 g/mol. The molecule has 1 amide bonds. The van der Waals surface area contributed by atoms with Gasteiger partial charge in [0.15, 0.2) is 0 Å². The third-order valence-corrected chi connectivity index (χ3v) is 2.94. The molecule has 0 saturated carbocycles. The van der Waals surface area contributed by atoms with Crippen LogP contribution in [0.15, 0.2) is 12.1 Å². The summed E-state index contributed by atoms with van der Waals surface area (Å²) in [5.74, 6) is -1.29. The molecule has 1 aromatic rings. The zero-order valence-electron chi connectivity index (χ0n) is 9.56. The van der Waals surface area contributed by atoms with Gasteiger partial charge in [0.05, 0.1) is 16.6 Å². The zero-order valence-corrected chi connectivity index (χ0v) is 9.56. The van der Waals surface area contributed by atoms with E-state index >= 15 is 0 Å². The van der Waals surface area contributed by atoms with Crippen LogP contribution in [0.2, 0.25) is 0 Å². The molecule has 0 aliphatic carbocycles. The maximum atomic E-state index is 13.3. The minimum absolute atomic E-state index is 0.136. The first-order chi connectivity index (χ1) is 8.50. The predicted octanol–water partition coefficient (Wildman–Crippen LogP) is 1.55. The van der Waals surface area contributed by atoms with E-state index in [9.17, 15) is 19.3 Å². The first kappa shape index (κ1) is 12.3. The maximum Gasteiger partial charge on any atom is 0.295 e. The molecule has 0 aromatic heterocycles. The molecule has 96 valence electrons. The summed E-state index contributed by atoms with van der Waals surface area (Å²) in [6.45, 7) is 1.14. The molecule has 0 atom stereocenters. The van der Waals surface area contributed by atoms with E-state index < -0.39 is 22.3 Å². The number of hydrogen-bond acceptors (Lipinski definition) is 4. The van der Waals surface area contributed by atoms with Crippen LogP contribution in [0.25, 0.3) is 0 Å². The number of nitrogen functional groups attached to an aromatic ring is 1. The largest absolute Gasteiger partial charge is 0.393 e. The normalized spacial score (nSPS) is 14.8. The zero-order chi connectivity index (χ0) is 13.3. The van der Waals surface area contributed by atoms with Gasteiger partial charge in [-0.3, -0.25) is 14.9 Å². The predicted molar refractivity (Wildman–Crippen MR) is 62.6 cm³/mol. The quantitative estimate of drug-likeness (QED) is 0.492. The van der Waals surface area contributed by atoms with Gasteiger partial charge in [0, 0.05) is 13.1 Å². The van der Waals surface area contributed by atoms with Gasteiger partial charge in [-0.2, -0.15) is 0 Å². The molecular weight excluding hydrogens is 241 g/mol. The monoisotopic (exact) mass is 253 g/mol. The van der Waals surface area contributed by atoms with Crippen LogP contribution < -0.4 is 5.73 Å². The maximum absolute atomic E-state index is 13.3. The van der Waals surface area contributed by atoms with Crippen molar-refractivity contribution < 1.29 is 14.1 Å². The number of nitrogens with zero attached hydrogens (tertiary/aromatic N) is 2. The summed E-state index contributed by atoms with van der Waals surface area (Å²) >= 11 is 0. The van der Waals surface area contributed by atoms with Gasteiger partial charge < -0.3 is 10.6 Å². The Kier molecular flexibility index (Phi) is 3.14. The van der Waals surface area contributed by atoms with Crippen molar-refractivity contribution in [3.05, 3.63) is 33.6 Å². The molecule has 0 bridgehead atoms. The van der Waals surface area contributed by atoms with E-state index in [1.54, 1.807) is 0 Å². The third-order valence-electron chi connectivity index (χ3n) is 2.94. The van der Waals surface area contributed by atoms with Crippen LogP contribution >= 0.6 is 0 Å². The number of nitrogens with two attached hydrogens (primary N) is 1. The van der Waals surface area contributed by atoms with Crippen molar-refractivity contribution in [2.24, 2.45) is 0 Å². The van der Waals surface area contributed by atoms with Crippen molar-refractivity contribution in [3.63, 3.8) is 0 Å². The van der Waals surface area contributed by atoms with E-state index in [4.69, 9.17) is 5.73 Å². The lowest BCUT2D eigenvalue weighted by atomic mass is 10.1. The van der Waals surface area contributed by atoms with Crippen LogP contribution in [-0.2, 0) is 0 Å². The van der Waals surface area contributed by atoms with E-state index in [0.29, 0.717) is 13.1 Å². The third kappa shape index (κ3) is 2.11. The van der Waals surface area contributed by atoms with Crippen molar-refractivity contribution in [1.29, 1.82) is 0 Å². The Morgan fingerprint density at radius 1 is 1.39 bits per heavy atom. The fourth-order valence-electron chi connectivity index (χ4n) is 2.02. The van der Waals surface area contributed by atoms with Gasteiger partial charge in [0.25, 0.3) is 11.6 Å². The van der Waals surface area contributed by atoms with Gasteiger partial charge >= 0.3 is 0 Å². The highest BCUT2D eigenvalue weighted by Crippen LogP contribution is 2.28. The molecule has 0 unspecified atom stereocenters. The number of rotatable bonds is 2. The van der Waals surface area contributed by atoms with E-state index in [1.165, 1.54) is 4.90 Å². The van der Waals surface area contributed by atoms with Crippen molar-refractivity contribution in [3.8, 4) is 0 Å². The fourth-order valence-corrected chi connectivity index (χ4v) is 2.02. The Bertz CT molecular complexity index is 513. The summed E-state index contributed by atoms with van der Waals surface area (Å²) in [7, 11) is 0. The average Bonchev–Trinajstić information content (AvgIpc) is 2.84. The van der Waals surface area contributed by atoms with E-state index in [0.717, 1.165) is 25.0 Å². The summed E-state index contributed by atoms with van der Waals surface area (Å²) in [6, 6.07) is 1.67. The number of nitro groups is 1. The molecule has 1 aliphatic rings. The smallest absolute Gasteiger partial charge is 0.295 e. The Morgan fingerprint density at radius 2 is 2.00 bits per heavy atom. The number of anilines is 1. The van der Waals surface area contributed by atoms with Crippen LogP contribution in [0.5, 0.6) is 0 Å². The second-order valence-corrected chi connectivity index (χ2v) is 4.14. The Balaban J connectivity index is 2.43. The minimum Gasteiger partial charge on any atom is -0.393 e. The number of carbonyl (C=O) groups is 1. The second-order valence-electron chi connectivity index (χ2n) is 4.14. The van der Waals surface area contributed by atoms with Gasteiger partial charge in [-0.25, -0.2) is 4.39 Å². The summed E-state index contributed by atoms with van der Waals surface area (Å²) in [4.78, 5) is 23.5. The topological polar surface area (TPSA) is 89.5 Å². The molecule has 1 saturated heterocycles. The molecule has 18 heavy (non-hydrogen) atoms. The molecule has 1 heterocycles. The number of nitro benzene ring substituents is 1. The number of halogens is 1. The number of likely N-dealkylation sites (tertiary alicyclic amines) is 1. The van der Waals surface area contributed by atoms with Crippen LogP contribution in [0, 0.1) is 15.9 Å². The number of benzene rings is 1. The van der Waals surface area contributed by atoms with Crippen LogP contribution in [-0.4, -0.2) is 28.8 Å². The first-order valence-corrected chi connectivity index (χ1v) is 5.53. The summed E-state index contributed by atoms with van der Waals surface area (Å²) < 4.78 is 13.3. The molecule has 1 fully saturated rings. The number of amides is 1. The van der Waals surface area contributed by atoms with Crippen molar-refractivity contribution in [2.75, 3.05) is 18.8 Å². The van der Waals surface area contributed by atoms with Gasteiger partial charge in [-0.05, 0) is 18.9 Å². The van der Waals surface area contributed by atoms with Crippen molar-refractivity contribution in [2.45, 2.75) is 12.8 Å². The molecule has 1 aliphatic heterocycles. The molecular formula is C11H12FN3O3. The van der Waals surface area contributed by atoms with Gasteiger partial charge in [0.2, 0.25) is 0 Å². The summed E-state index contributed by atoms with van der Waals surface area (Å²) in [5, 5.41) is 10.7. The van der Waals surface area contributed by atoms with E-state index in [2.05, 4.69) is 0 Å². The Morgan fingerprint density at radius 3 is 2.56 bits per heavy atom. The van der Waals surface area contributed by atoms with Gasteiger partial charge in [-0.1, -0.05) is 0 Å². The Labute approximate surface area is 102 Å². The molecule has 6 nitrogen and oxygen atoms in total. The Hall–Kier alpha value is -2.18. The van der Waals surface area contributed by atoms with Crippen molar-refractivity contribution in [1.82, 2.24) is 4.90 Å². The van der Waals surface area contributed by atoms with Crippen molar-refractivity contribution >= 4 is 17.3 Å². The lowest BCUT2D eigenvalue weighted by Crippen LogP contribution is -2.28. The van der Waals surface area contributed by atoms with Crippen LogP contribution in [0.1, 0.15) is 23.2 Å². The SMILES string of the molecule is Nc1c(C(=O)N2CCCC2)cc(F)cc1[N+](=O)[O-]. The summed E-state index contributed by atoms with van der Waals surface area (Å²) in [6.07, 6.45) is 1.76. The highest BCUT2D eigenvalue weighted by atomic mass is 19.1. The number of hydrogen-bond donors (Lipinski definition) is 1. The van der Waals surface area contributed by atoms with Gasteiger partial charge in [-0.15, -0.1) is 0 Å². The summed E-state index contributed by atoms with van der Waals surface area (Å²) in [5.41, 5.74) is 4.58. The minimum atomic E-state index is -0.835. The molecule has 0 radical (unpaired) electrons. The highest BCUT2D eigenvalue weighted by Gasteiger charge is 2.26. The lowest BCUT2D eigenvalue weighted by molar-refractivity contribution is -0.384. The van der Waals surface area contributed by atoms with Crippen LogP contribution in [0.3, 0.4) is 0 Å². The molecule has 1 aromatic carbocycles.